The maximum absolute atomic E-state index is 4.28. The third-order valence-corrected chi connectivity index (χ3v) is 3.78. The fraction of sp³-hybridized carbons (Fsp3) is 0.500. The third-order valence-electron chi connectivity index (χ3n) is 3.28. The summed E-state index contributed by atoms with van der Waals surface area (Å²) >= 11 is 3.45. The van der Waals surface area contributed by atoms with Crippen molar-refractivity contribution in [1.82, 2.24) is 19.9 Å². The number of fused-ring (bicyclic) bond motifs is 1. The first kappa shape index (κ1) is 11.2. The molecule has 90 valence electrons. The molecule has 17 heavy (non-hydrogen) atoms. The second-order valence-corrected chi connectivity index (χ2v) is 5.46. The zero-order valence-electron chi connectivity index (χ0n) is 9.56. The van der Waals surface area contributed by atoms with Crippen molar-refractivity contribution in [2.45, 2.75) is 31.7 Å². The van der Waals surface area contributed by atoms with E-state index in [0.29, 0.717) is 6.04 Å². The van der Waals surface area contributed by atoms with Crippen LogP contribution in [0.4, 0.5) is 0 Å². The SMILES string of the molecule is Brc1ccn2c(CC3CCCCN3)nnc2c1. The van der Waals surface area contributed by atoms with Crippen molar-refractivity contribution in [3.8, 4) is 0 Å². The second-order valence-electron chi connectivity index (χ2n) is 4.54. The summed E-state index contributed by atoms with van der Waals surface area (Å²) < 4.78 is 3.11. The molecular formula is C12H15BrN4. The van der Waals surface area contributed by atoms with E-state index in [1.165, 1.54) is 19.3 Å². The molecular weight excluding hydrogens is 280 g/mol. The van der Waals surface area contributed by atoms with Crippen LogP contribution < -0.4 is 5.32 Å². The Hall–Kier alpha value is -0.940. The van der Waals surface area contributed by atoms with Crippen LogP contribution in [0.1, 0.15) is 25.1 Å². The minimum absolute atomic E-state index is 0.555. The zero-order chi connectivity index (χ0) is 11.7. The fourth-order valence-electron chi connectivity index (χ4n) is 2.37. The number of piperidine rings is 1. The smallest absolute Gasteiger partial charge is 0.161 e. The van der Waals surface area contributed by atoms with E-state index in [2.05, 4.69) is 35.8 Å². The number of nitrogens with zero attached hydrogens (tertiary/aromatic N) is 3. The number of hydrogen-bond donors (Lipinski definition) is 1. The molecule has 3 heterocycles. The lowest BCUT2D eigenvalue weighted by atomic mass is 10.0. The minimum atomic E-state index is 0.555. The van der Waals surface area contributed by atoms with Gasteiger partial charge in [-0.05, 0) is 31.5 Å². The summed E-state index contributed by atoms with van der Waals surface area (Å²) in [6.45, 7) is 1.13. The Morgan fingerprint density at radius 2 is 2.35 bits per heavy atom. The Kier molecular flexibility index (Phi) is 3.11. The van der Waals surface area contributed by atoms with Gasteiger partial charge in [0, 0.05) is 23.1 Å². The largest absolute Gasteiger partial charge is 0.314 e. The topological polar surface area (TPSA) is 42.2 Å². The number of nitrogens with one attached hydrogen (secondary N) is 1. The quantitative estimate of drug-likeness (QED) is 0.923. The summed E-state index contributed by atoms with van der Waals surface area (Å²) in [5.41, 5.74) is 0.908. The highest BCUT2D eigenvalue weighted by molar-refractivity contribution is 9.10. The van der Waals surface area contributed by atoms with Crippen LogP contribution in [0.25, 0.3) is 5.65 Å². The molecule has 1 N–H and O–H groups in total. The summed E-state index contributed by atoms with van der Waals surface area (Å²) in [5.74, 6) is 1.05. The van der Waals surface area contributed by atoms with E-state index < -0.39 is 0 Å². The lowest BCUT2D eigenvalue weighted by Crippen LogP contribution is -2.36. The number of hydrogen-bond acceptors (Lipinski definition) is 3. The molecule has 0 aromatic carbocycles. The highest BCUT2D eigenvalue weighted by Crippen LogP contribution is 2.15. The zero-order valence-corrected chi connectivity index (χ0v) is 11.2. The van der Waals surface area contributed by atoms with Gasteiger partial charge in [0.2, 0.25) is 0 Å². The first-order valence-corrected chi connectivity index (χ1v) is 6.85. The predicted molar refractivity (Wildman–Crippen MR) is 70.0 cm³/mol. The summed E-state index contributed by atoms with van der Waals surface area (Å²) in [5, 5.41) is 12.0. The van der Waals surface area contributed by atoms with E-state index in [0.717, 1.165) is 28.9 Å². The Balaban J connectivity index is 1.84. The van der Waals surface area contributed by atoms with Crippen molar-refractivity contribution >= 4 is 21.6 Å². The van der Waals surface area contributed by atoms with E-state index >= 15 is 0 Å². The van der Waals surface area contributed by atoms with Crippen molar-refractivity contribution in [2.24, 2.45) is 0 Å². The third kappa shape index (κ3) is 2.35. The summed E-state index contributed by atoms with van der Waals surface area (Å²) in [4.78, 5) is 0. The molecule has 3 rings (SSSR count). The Morgan fingerprint density at radius 3 is 3.18 bits per heavy atom. The maximum Gasteiger partial charge on any atom is 0.161 e. The van der Waals surface area contributed by atoms with Gasteiger partial charge in [-0.15, -0.1) is 10.2 Å². The van der Waals surface area contributed by atoms with Crippen LogP contribution in [-0.2, 0) is 6.42 Å². The van der Waals surface area contributed by atoms with Gasteiger partial charge in [-0.1, -0.05) is 22.4 Å². The van der Waals surface area contributed by atoms with Gasteiger partial charge in [-0.3, -0.25) is 4.40 Å². The van der Waals surface area contributed by atoms with Crippen LogP contribution >= 0.6 is 15.9 Å². The van der Waals surface area contributed by atoms with E-state index in [9.17, 15) is 0 Å². The highest BCUT2D eigenvalue weighted by atomic mass is 79.9. The molecule has 0 bridgehead atoms. The van der Waals surface area contributed by atoms with Crippen molar-refractivity contribution in [1.29, 1.82) is 0 Å². The van der Waals surface area contributed by atoms with Crippen LogP contribution in [0.2, 0.25) is 0 Å². The molecule has 0 radical (unpaired) electrons. The van der Waals surface area contributed by atoms with Crippen LogP contribution in [0.3, 0.4) is 0 Å². The molecule has 0 amide bonds. The molecule has 0 aliphatic carbocycles. The van der Waals surface area contributed by atoms with Crippen LogP contribution in [0, 0.1) is 0 Å². The molecule has 1 unspecified atom stereocenters. The Bertz CT molecular complexity index is 516. The molecule has 1 fully saturated rings. The van der Waals surface area contributed by atoms with Gasteiger partial charge in [0.25, 0.3) is 0 Å². The molecule has 2 aromatic rings. The standard InChI is InChI=1S/C12H15BrN4/c13-9-4-6-17-11(7-9)15-16-12(17)8-10-3-1-2-5-14-10/h4,6-7,10,14H,1-3,5,8H2. The first-order chi connectivity index (χ1) is 8.33. The summed E-state index contributed by atoms with van der Waals surface area (Å²) in [6.07, 6.45) is 6.84. The minimum Gasteiger partial charge on any atom is -0.314 e. The molecule has 4 nitrogen and oxygen atoms in total. The average Bonchev–Trinajstić information content (AvgIpc) is 2.73. The van der Waals surface area contributed by atoms with Crippen molar-refractivity contribution in [2.75, 3.05) is 6.54 Å². The molecule has 1 atom stereocenters. The number of pyridine rings is 1. The van der Waals surface area contributed by atoms with E-state index in [1.807, 2.05) is 18.3 Å². The molecule has 0 spiro atoms. The average molecular weight is 295 g/mol. The van der Waals surface area contributed by atoms with Gasteiger partial charge in [-0.25, -0.2) is 0 Å². The van der Waals surface area contributed by atoms with Gasteiger partial charge in [0.1, 0.15) is 5.82 Å². The van der Waals surface area contributed by atoms with Crippen LogP contribution in [-0.4, -0.2) is 27.2 Å². The highest BCUT2D eigenvalue weighted by Gasteiger charge is 2.16. The van der Waals surface area contributed by atoms with Gasteiger partial charge < -0.3 is 5.32 Å². The van der Waals surface area contributed by atoms with E-state index in [1.54, 1.807) is 0 Å². The van der Waals surface area contributed by atoms with Gasteiger partial charge >= 0.3 is 0 Å². The van der Waals surface area contributed by atoms with Gasteiger partial charge in [0.15, 0.2) is 5.65 Å². The predicted octanol–water partition coefficient (Wildman–Crippen LogP) is 2.18. The van der Waals surface area contributed by atoms with Crippen molar-refractivity contribution in [3.63, 3.8) is 0 Å². The van der Waals surface area contributed by atoms with Gasteiger partial charge in [-0.2, -0.15) is 0 Å². The molecule has 5 heteroatoms. The van der Waals surface area contributed by atoms with Crippen LogP contribution in [0.5, 0.6) is 0 Å². The monoisotopic (exact) mass is 294 g/mol. The summed E-state index contributed by atoms with van der Waals surface area (Å²) in [6, 6.07) is 4.57. The van der Waals surface area contributed by atoms with Crippen LogP contribution in [0.15, 0.2) is 22.8 Å². The Labute approximate surface area is 109 Å². The maximum atomic E-state index is 4.28. The molecule has 1 aliphatic heterocycles. The number of aromatic nitrogens is 3. The molecule has 2 aromatic heterocycles. The van der Waals surface area contributed by atoms with Crippen molar-refractivity contribution < 1.29 is 0 Å². The van der Waals surface area contributed by atoms with Gasteiger partial charge in [0.05, 0.1) is 0 Å². The Morgan fingerprint density at radius 1 is 1.41 bits per heavy atom. The molecule has 1 aliphatic rings. The van der Waals surface area contributed by atoms with Crippen molar-refractivity contribution in [3.05, 3.63) is 28.6 Å². The van der Waals surface area contributed by atoms with E-state index in [4.69, 9.17) is 0 Å². The molecule has 0 saturated carbocycles. The number of rotatable bonds is 2. The first-order valence-electron chi connectivity index (χ1n) is 6.05. The molecule has 1 saturated heterocycles. The second kappa shape index (κ2) is 4.74. The van der Waals surface area contributed by atoms with E-state index in [-0.39, 0.29) is 0 Å². The lowest BCUT2D eigenvalue weighted by molar-refractivity contribution is 0.393. The fourth-order valence-corrected chi connectivity index (χ4v) is 2.70. The normalized spacial score (nSPS) is 20.9. The summed E-state index contributed by atoms with van der Waals surface area (Å²) in [7, 11) is 0. The number of halogens is 1. The lowest BCUT2D eigenvalue weighted by Gasteiger charge is -2.22.